The number of fused-ring (bicyclic) bond motifs is 2. The molecule has 4 aliphatic rings. The van der Waals surface area contributed by atoms with Gasteiger partial charge >= 0.3 is 0 Å². The third kappa shape index (κ3) is 1.48. The van der Waals surface area contributed by atoms with E-state index in [0.29, 0.717) is 5.92 Å². The van der Waals surface area contributed by atoms with E-state index in [0.717, 1.165) is 43.6 Å². The molecule has 3 atom stereocenters. The molecule has 2 saturated carbocycles. The second-order valence-electron chi connectivity index (χ2n) is 6.51. The van der Waals surface area contributed by atoms with Crippen molar-refractivity contribution in [3.63, 3.8) is 0 Å². The summed E-state index contributed by atoms with van der Waals surface area (Å²) in [7, 11) is 0. The maximum atomic E-state index is 12.3. The molecular weight excluding hydrogens is 226 g/mol. The number of nitrogens with one attached hydrogen (secondary N) is 2. The van der Waals surface area contributed by atoms with E-state index in [2.05, 4.69) is 10.6 Å². The predicted octanol–water partition coefficient (Wildman–Crippen LogP) is 1.07. The zero-order chi connectivity index (χ0) is 12.2. The summed E-state index contributed by atoms with van der Waals surface area (Å²) in [6.45, 7) is 1.84. The Balaban J connectivity index is 1.59. The molecule has 2 aliphatic heterocycles. The molecule has 0 aromatic heterocycles. The number of aliphatic imine (C=N–C) groups is 1. The molecule has 0 aromatic carbocycles. The molecule has 2 aliphatic carbocycles. The minimum absolute atomic E-state index is 0.168. The van der Waals surface area contributed by atoms with Gasteiger partial charge in [-0.1, -0.05) is 6.42 Å². The van der Waals surface area contributed by atoms with Crippen LogP contribution in [0.4, 0.5) is 0 Å². The van der Waals surface area contributed by atoms with Crippen LogP contribution in [0.2, 0.25) is 0 Å². The number of nitrogens with zero attached hydrogens (tertiary/aromatic N) is 1. The van der Waals surface area contributed by atoms with E-state index in [1.54, 1.807) is 0 Å². The molecule has 1 saturated heterocycles. The maximum Gasteiger partial charge on any atom is 0.253 e. The Morgan fingerprint density at radius 3 is 2.67 bits per heavy atom. The number of hydrogen-bond acceptors (Lipinski definition) is 3. The van der Waals surface area contributed by atoms with E-state index in [1.165, 1.54) is 25.7 Å². The smallest absolute Gasteiger partial charge is 0.253 e. The number of amidine groups is 1. The van der Waals surface area contributed by atoms with Gasteiger partial charge in [0.05, 0.1) is 0 Å². The molecule has 4 nitrogen and oxygen atoms in total. The fraction of sp³-hybridized carbons (Fsp3) is 0.857. The van der Waals surface area contributed by atoms with Crippen LogP contribution >= 0.6 is 0 Å². The molecule has 18 heavy (non-hydrogen) atoms. The summed E-state index contributed by atoms with van der Waals surface area (Å²) < 4.78 is 0. The SMILES string of the molecule is O=C1NC([C@H]2C[C@H]3CC[C@@H]2C3)=NC12CCNCC2. The average molecular weight is 247 g/mol. The van der Waals surface area contributed by atoms with Gasteiger partial charge in [-0.3, -0.25) is 9.79 Å². The normalized spacial score (nSPS) is 41.2. The van der Waals surface area contributed by atoms with Crippen LogP contribution in [0.3, 0.4) is 0 Å². The van der Waals surface area contributed by atoms with Gasteiger partial charge in [0.1, 0.15) is 11.4 Å². The number of rotatable bonds is 1. The van der Waals surface area contributed by atoms with Crippen LogP contribution in [-0.4, -0.2) is 30.4 Å². The Kier molecular flexibility index (Phi) is 2.31. The number of hydrogen-bond donors (Lipinski definition) is 2. The van der Waals surface area contributed by atoms with Gasteiger partial charge in [-0.2, -0.15) is 0 Å². The quantitative estimate of drug-likeness (QED) is 0.728. The summed E-state index contributed by atoms with van der Waals surface area (Å²) in [6.07, 6.45) is 7.11. The molecule has 1 spiro atoms. The van der Waals surface area contributed by atoms with E-state index >= 15 is 0 Å². The number of carbonyl (C=O) groups excluding carboxylic acids is 1. The molecule has 98 valence electrons. The van der Waals surface area contributed by atoms with Crippen molar-refractivity contribution in [2.45, 2.75) is 44.1 Å². The summed E-state index contributed by atoms with van der Waals surface area (Å²) in [4.78, 5) is 17.1. The first-order valence-electron chi connectivity index (χ1n) is 7.39. The minimum Gasteiger partial charge on any atom is -0.317 e. The largest absolute Gasteiger partial charge is 0.317 e. The van der Waals surface area contributed by atoms with Crippen molar-refractivity contribution >= 4 is 11.7 Å². The highest BCUT2D eigenvalue weighted by Crippen LogP contribution is 2.49. The molecule has 0 aromatic rings. The van der Waals surface area contributed by atoms with Crippen molar-refractivity contribution < 1.29 is 4.79 Å². The first-order valence-corrected chi connectivity index (χ1v) is 7.39. The van der Waals surface area contributed by atoms with E-state index in [9.17, 15) is 4.79 Å². The molecule has 2 N–H and O–H groups in total. The Labute approximate surface area is 108 Å². The van der Waals surface area contributed by atoms with Gasteiger partial charge in [0.2, 0.25) is 0 Å². The van der Waals surface area contributed by atoms with Gasteiger partial charge in [-0.05, 0) is 57.0 Å². The molecule has 4 heteroatoms. The Morgan fingerprint density at radius 1 is 1.17 bits per heavy atom. The lowest BCUT2D eigenvalue weighted by Crippen LogP contribution is -2.47. The minimum atomic E-state index is -0.414. The molecule has 1 amide bonds. The first kappa shape index (κ1) is 11.0. The van der Waals surface area contributed by atoms with Gasteiger partial charge in [-0.25, -0.2) is 0 Å². The van der Waals surface area contributed by atoms with E-state index in [-0.39, 0.29) is 5.91 Å². The Bertz CT molecular complexity index is 411. The molecule has 2 bridgehead atoms. The fourth-order valence-electron chi connectivity index (χ4n) is 4.48. The highest BCUT2D eigenvalue weighted by atomic mass is 16.2. The molecule has 3 fully saturated rings. The lowest BCUT2D eigenvalue weighted by atomic mass is 9.87. The van der Waals surface area contributed by atoms with E-state index in [4.69, 9.17) is 4.99 Å². The summed E-state index contributed by atoms with van der Waals surface area (Å²) in [5.41, 5.74) is -0.414. The van der Waals surface area contributed by atoms with Crippen LogP contribution in [-0.2, 0) is 4.79 Å². The maximum absolute atomic E-state index is 12.3. The molecule has 4 rings (SSSR count). The van der Waals surface area contributed by atoms with Crippen molar-refractivity contribution in [1.29, 1.82) is 0 Å². The Hall–Kier alpha value is -0.900. The van der Waals surface area contributed by atoms with Crippen molar-refractivity contribution in [3.8, 4) is 0 Å². The summed E-state index contributed by atoms with van der Waals surface area (Å²) in [5.74, 6) is 3.47. The number of carbonyl (C=O) groups is 1. The van der Waals surface area contributed by atoms with Gasteiger partial charge < -0.3 is 10.6 Å². The summed E-state index contributed by atoms with van der Waals surface area (Å²) in [5, 5.41) is 6.44. The summed E-state index contributed by atoms with van der Waals surface area (Å²) >= 11 is 0. The lowest BCUT2D eigenvalue weighted by molar-refractivity contribution is -0.124. The number of piperidine rings is 1. The monoisotopic (exact) mass is 247 g/mol. The molecule has 0 radical (unpaired) electrons. The van der Waals surface area contributed by atoms with Crippen LogP contribution < -0.4 is 10.6 Å². The third-order valence-electron chi connectivity index (χ3n) is 5.52. The lowest BCUT2D eigenvalue weighted by Gasteiger charge is -2.28. The van der Waals surface area contributed by atoms with Crippen LogP contribution in [0.5, 0.6) is 0 Å². The van der Waals surface area contributed by atoms with E-state index in [1.807, 2.05) is 0 Å². The fourth-order valence-corrected chi connectivity index (χ4v) is 4.48. The van der Waals surface area contributed by atoms with Gasteiger partial charge in [0.25, 0.3) is 5.91 Å². The van der Waals surface area contributed by atoms with Crippen molar-refractivity contribution in [2.24, 2.45) is 22.7 Å². The average Bonchev–Trinajstić information content (AvgIpc) is 3.07. The van der Waals surface area contributed by atoms with Crippen LogP contribution in [0.15, 0.2) is 4.99 Å². The zero-order valence-electron chi connectivity index (χ0n) is 10.7. The van der Waals surface area contributed by atoms with Crippen molar-refractivity contribution in [3.05, 3.63) is 0 Å². The standard InChI is InChI=1S/C14H21N3O/c18-13-14(3-5-15-6-4-14)17-12(16-13)11-8-9-1-2-10(11)7-9/h9-11,15H,1-8H2,(H,16,17,18)/t9-,10+,11-/m0/s1. The van der Waals surface area contributed by atoms with Crippen molar-refractivity contribution in [1.82, 2.24) is 10.6 Å². The van der Waals surface area contributed by atoms with Crippen LogP contribution in [0.1, 0.15) is 38.5 Å². The van der Waals surface area contributed by atoms with Crippen molar-refractivity contribution in [2.75, 3.05) is 13.1 Å². The molecule has 0 unspecified atom stereocenters. The molecule has 2 heterocycles. The zero-order valence-corrected chi connectivity index (χ0v) is 10.7. The second-order valence-corrected chi connectivity index (χ2v) is 6.51. The third-order valence-corrected chi connectivity index (χ3v) is 5.52. The van der Waals surface area contributed by atoms with Crippen LogP contribution in [0, 0.1) is 17.8 Å². The first-order chi connectivity index (χ1) is 8.77. The second kappa shape index (κ2) is 3.80. The molecular formula is C14H21N3O. The predicted molar refractivity (Wildman–Crippen MR) is 69.4 cm³/mol. The highest BCUT2D eigenvalue weighted by Gasteiger charge is 2.49. The summed E-state index contributed by atoms with van der Waals surface area (Å²) in [6, 6.07) is 0. The van der Waals surface area contributed by atoms with E-state index < -0.39 is 5.54 Å². The highest BCUT2D eigenvalue weighted by molar-refractivity contribution is 6.09. The van der Waals surface area contributed by atoms with Gasteiger partial charge in [-0.15, -0.1) is 0 Å². The van der Waals surface area contributed by atoms with Gasteiger partial charge in [0.15, 0.2) is 0 Å². The topological polar surface area (TPSA) is 53.5 Å². The van der Waals surface area contributed by atoms with Gasteiger partial charge in [0, 0.05) is 5.92 Å². The van der Waals surface area contributed by atoms with Crippen LogP contribution in [0.25, 0.3) is 0 Å². The Morgan fingerprint density at radius 2 is 2.00 bits per heavy atom. The number of amides is 1.